The number of likely N-dealkylation sites (tertiary alicyclic amines) is 1. The minimum Gasteiger partial charge on any atom is -0.444 e. The quantitative estimate of drug-likeness (QED) is 0.608. The van der Waals surface area contributed by atoms with E-state index in [1.807, 2.05) is 25.7 Å². The van der Waals surface area contributed by atoms with Crippen LogP contribution in [0.25, 0.3) is 0 Å². The first-order valence-corrected chi connectivity index (χ1v) is 7.09. The Hall–Kier alpha value is -1.26. The van der Waals surface area contributed by atoms with Crippen LogP contribution >= 0.6 is 0 Å². The van der Waals surface area contributed by atoms with Crippen LogP contribution in [0, 0.1) is 11.3 Å². The highest BCUT2D eigenvalue weighted by atomic mass is 16.6. The lowest BCUT2D eigenvalue weighted by molar-refractivity contribution is 0.0161. The molecule has 0 bridgehead atoms. The van der Waals surface area contributed by atoms with Crippen LogP contribution in [0.5, 0.6) is 0 Å². The molecular weight excluding hydrogens is 242 g/mol. The van der Waals surface area contributed by atoms with Gasteiger partial charge in [0.25, 0.3) is 0 Å². The molecule has 0 aromatic heterocycles. The Morgan fingerprint density at radius 3 is 2.74 bits per heavy atom. The predicted molar refractivity (Wildman–Crippen MR) is 76.3 cm³/mol. The van der Waals surface area contributed by atoms with Crippen LogP contribution in [0.4, 0.5) is 4.79 Å². The SMILES string of the molecule is CC(C)(C)OC(=O)N1CCCC(CCCC(=N)N)C1. The van der Waals surface area contributed by atoms with Gasteiger partial charge in [-0.3, -0.25) is 5.41 Å². The first kappa shape index (κ1) is 15.8. The summed E-state index contributed by atoms with van der Waals surface area (Å²) in [6.07, 6.45) is 4.59. The van der Waals surface area contributed by atoms with Crippen molar-refractivity contribution in [1.82, 2.24) is 4.90 Å². The van der Waals surface area contributed by atoms with Gasteiger partial charge in [0.1, 0.15) is 5.60 Å². The van der Waals surface area contributed by atoms with Crippen LogP contribution in [-0.2, 0) is 4.74 Å². The van der Waals surface area contributed by atoms with Crippen molar-refractivity contribution in [1.29, 1.82) is 5.41 Å². The van der Waals surface area contributed by atoms with E-state index in [2.05, 4.69) is 0 Å². The van der Waals surface area contributed by atoms with E-state index >= 15 is 0 Å². The molecule has 1 aliphatic heterocycles. The van der Waals surface area contributed by atoms with Crippen molar-refractivity contribution in [3.8, 4) is 0 Å². The third kappa shape index (κ3) is 6.45. The highest BCUT2D eigenvalue weighted by Gasteiger charge is 2.27. The molecule has 0 aromatic rings. The number of piperidine rings is 1. The Labute approximate surface area is 116 Å². The number of amides is 1. The van der Waals surface area contributed by atoms with E-state index in [4.69, 9.17) is 15.9 Å². The first-order valence-electron chi connectivity index (χ1n) is 7.09. The largest absolute Gasteiger partial charge is 0.444 e. The number of amidine groups is 1. The molecule has 19 heavy (non-hydrogen) atoms. The van der Waals surface area contributed by atoms with E-state index in [0.29, 0.717) is 12.3 Å². The van der Waals surface area contributed by atoms with Crippen molar-refractivity contribution in [2.45, 2.75) is 58.5 Å². The van der Waals surface area contributed by atoms with Crippen molar-refractivity contribution in [3.63, 3.8) is 0 Å². The summed E-state index contributed by atoms with van der Waals surface area (Å²) in [5.41, 5.74) is 4.92. The van der Waals surface area contributed by atoms with Gasteiger partial charge in [0.15, 0.2) is 0 Å². The fourth-order valence-corrected chi connectivity index (χ4v) is 2.37. The maximum Gasteiger partial charge on any atom is 0.410 e. The van der Waals surface area contributed by atoms with Crippen molar-refractivity contribution in [2.75, 3.05) is 13.1 Å². The summed E-state index contributed by atoms with van der Waals surface area (Å²) in [6.45, 7) is 7.22. The first-order chi connectivity index (χ1) is 8.78. The number of nitrogens with two attached hydrogens (primary N) is 1. The molecule has 3 N–H and O–H groups in total. The Morgan fingerprint density at radius 1 is 1.47 bits per heavy atom. The summed E-state index contributed by atoms with van der Waals surface area (Å²) >= 11 is 0. The molecule has 0 aliphatic carbocycles. The molecule has 0 aromatic carbocycles. The fraction of sp³-hybridized carbons (Fsp3) is 0.857. The summed E-state index contributed by atoms with van der Waals surface area (Å²) in [6, 6.07) is 0. The molecular formula is C14H27N3O2. The van der Waals surface area contributed by atoms with Crippen molar-refractivity contribution < 1.29 is 9.53 Å². The molecule has 1 unspecified atom stereocenters. The van der Waals surface area contributed by atoms with Crippen molar-refractivity contribution in [3.05, 3.63) is 0 Å². The number of carbonyl (C=O) groups is 1. The second-order valence-corrected chi connectivity index (χ2v) is 6.35. The van der Waals surface area contributed by atoms with Crippen LogP contribution < -0.4 is 5.73 Å². The zero-order chi connectivity index (χ0) is 14.5. The normalized spacial score (nSPS) is 20.2. The van der Waals surface area contributed by atoms with Gasteiger partial charge in [-0.2, -0.15) is 0 Å². The monoisotopic (exact) mass is 269 g/mol. The van der Waals surface area contributed by atoms with Gasteiger partial charge in [0.2, 0.25) is 0 Å². The van der Waals surface area contributed by atoms with Gasteiger partial charge in [-0.25, -0.2) is 4.79 Å². The Morgan fingerprint density at radius 2 is 2.16 bits per heavy atom. The van der Waals surface area contributed by atoms with Gasteiger partial charge in [-0.15, -0.1) is 0 Å². The van der Waals surface area contributed by atoms with Crippen LogP contribution in [-0.4, -0.2) is 35.5 Å². The third-order valence-corrected chi connectivity index (χ3v) is 3.23. The van der Waals surface area contributed by atoms with E-state index in [-0.39, 0.29) is 11.9 Å². The molecule has 0 spiro atoms. The fourth-order valence-electron chi connectivity index (χ4n) is 2.37. The van der Waals surface area contributed by atoms with Gasteiger partial charge >= 0.3 is 6.09 Å². The highest BCUT2D eigenvalue weighted by Crippen LogP contribution is 2.23. The number of hydrogen-bond donors (Lipinski definition) is 2. The maximum atomic E-state index is 12.0. The minimum atomic E-state index is -0.432. The zero-order valence-corrected chi connectivity index (χ0v) is 12.4. The van der Waals surface area contributed by atoms with Gasteiger partial charge in [-0.1, -0.05) is 0 Å². The van der Waals surface area contributed by atoms with E-state index in [1.54, 1.807) is 0 Å². The second kappa shape index (κ2) is 6.78. The predicted octanol–water partition coefficient (Wildman–Crippen LogP) is 2.74. The summed E-state index contributed by atoms with van der Waals surface area (Å²) in [4.78, 5) is 13.8. The lowest BCUT2D eigenvalue weighted by Gasteiger charge is -2.34. The molecule has 5 nitrogen and oxygen atoms in total. The Bertz CT molecular complexity index is 323. The molecule has 1 heterocycles. The summed E-state index contributed by atoms with van der Waals surface area (Å²) < 4.78 is 5.40. The maximum absolute atomic E-state index is 12.0. The molecule has 1 rings (SSSR count). The number of nitrogens with zero attached hydrogens (tertiary/aromatic N) is 1. The number of carbonyl (C=O) groups excluding carboxylic acids is 1. The Balaban J connectivity index is 2.37. The van der Waals surface area contributed by atoms with Crippen LogP contribution in [0.1, 0.15) is 52.9 Å². The van der Waals surface area contributed by atoms with E-state index < -0.39 is 5.60 Å². The summed E-state index contributed by atoms with van der Waals surface area (Å²) in [7, 11) is 0. The summed E-state index contributed by atoms with van der Waals surface area (Å²) in [5.74, 6) is 0.764. The third-order valence-electron chi connectivity index (χ3n) is 3.23. The topological polar surface area (TPSA) is 79.4 Å². The standard InChI is InChI=1S/C14H27N3O2/c1-14(2,3)19-13(18)17-9-5-7-11(10-17)6-4-8-12(15)16/h11H,4-10H2,1-3H3,(H3,15,16). The van der Waals surface area contributed by atoms with Gasteiger partial charge in [0.05, 0.1) is 5.84 Å². The second-order valence-electron chi connectivity index (χ2n) is 6.35. The molecule has 1 saturated heterocycles. The van der Waals surface area contributed by atoms with Crippen molar-refractivity contribution >= 4 is 11.9 Å². The molecule has 1 atom stereocenters. The number of rotatable bonds is 4. The number of ether oxygens (including phenoxy) is 1. The lowest BCUT2D eigenvalue weighted by atomic mass is 9.93. The number of hydrogen-bond acceptors (Lipinski definition) is 3. The smallest absolute Gasteiger partial charge is 0.410 e. The van der Waals surface area contributed by atoms with E-state index in [9.17, 15) is 4.79 Å². The average Bonchev–Trinajstić information content (AvgIpc) is 2.26. The van der Waals surface area contributed by atoms with E-state index in [0.717, 1.165) is 38.8 Å². The van der Waals surface area contributed by atoms with Crippen LogP contribution in [0.2, 0.25) is 0 Å². The zero-order valence-electron chi connectivity index (χ0n) is 12.4. The van der Waals surface area contributed by atoms with Crippen LogP contribution in [0.15, 0.2) is 0 Å². The molecule has 5 heteroatoms. The minimum absolute atomic E-state index is 0.205. The number of nitrogens with one attached hydrogen (secondary N) is 1. The van der Waals surface area contributed by atoms with Gasteiger partial charge in [0, 0.05) is 19.5 Å². The molecule has 0 radical (unpaired) electrons. The van der Waals surface area contributed by atoms with Crippen molar-refractivity contribution in [2.24, 2.45) is 11.7 Å². The molecule has 0 saturated carbocycles. The Kier molecular flexibility index (Phi) is 5.63. The van der Waals surface area contributed by atoms with Crippen LogP contribution in [0.3, 0.4) is 0 Å². The lowest BCUT2D eigenvalue weighted by Crippen LogP contribution is -2.42. The van der Waals surface area contributed by atoms with Gasteiger partial charge in [-0.05, 0) is 52.4 Å². The molecule has 1 amide bonds. The average molecular weight is 269 g/mol. The molecule has 1 fully saturated rings. The van der Waals surface area contributed by atoms with E-state index in [1.165, 1.54) is 0 Å². The summed E-state index contributed by atoms with van der Waals surface area (Å²) in [5, 5.41) is 7.21. The van der Waals surface area contributed by atoms with Gasteiger partial charge < -0.3 is 15.4 Å². The highest BCUT2D eigenvalue weighted by molar-refractivity contribution is 5.76. The molecule has 1 aliphatic rings. The molecule has 110 valence electrons.